The summed E-state index contributed by atoms with van der Waals surface area (Å²) in [6.45, 7) is 2.71. The minimum atomic E-state index is -0.658. The zero-order valence-electron chi connectivity index (χ0n) is 15.4. The molecule has 0 atom stereocenters. The van der Waals surface area contributed by atoms with Crippen LogP contribution in [0.3, 0.4) is 0 Å². The summed E-state index contributed by atoms with van der Waals surface area (Å²) in [4.78, 5) is 18.0. The smallest absolute Gasteiger partial charge is 0.257 e. The molecule has 1 N–H and O–H groups in total. The number of nitrogens with zero attached hydrogens (tertiary/aromatic N) is 2. The zero-order chi connectivity index (χ0) is 19.7. The van der Waals surface area contributed by atoms with Gasteiger partial charge in [0.15, 0.2) is 17.3 Å². The van der Waals surface area contributed by atoms with Crippen LogP contribution >= 0.6 is 0 Å². The molecule has 0 radical (unpaired) electrons. The van der Waals surface area contributed by atoms with Crippen LogP contribution in [0.25, 0.3) is 11.1 Å². The largest absolute Gasteiger partial charge is 0.504 e. The molecule has 0 unspecified atom stereocenters. The molecule has 142 valence electrons. The third kappa shape index (κ3) is 3.29. The quantitative estimate of drug-likeness (QED) is 0.734. The van der Waals surface area contributed by atoms with E-state index in [2.05, 4.69) is 4.98 Å². The van der Waals surface area contributed by atoms with E-state index in [0.717, 1.165) is 22.9 Å². The Morgan fingerprint density at radius 3 is 2.86 bits per heavy atom. The summed E-state index contributed by atoms with van der Waals surface area (Å²) in [5.41, 5.74) is 3.55. The van der Waals surface area contributed by atoms with Gasteiger partial charge in [0.05, 0.1) is 18.3 Å². The van der Waals surface area contributed by atoms with E-state index >= 15 is 0 Å². The number of ether oxygens (including phenoxy) is 1. The van der Waals surface area contributed by atoms with Gasteiger partial charge in [-0.1, -0.05) is 24.3 Å². The maximum Gasteiger partial charge on any atom is 0.257 e. The van der Waals surface area contributed by atoms with Gasteiger partial charge in [-0.25, -0.2) is 4.39 Å². The fraction of sp³-hybridized carbons (Fsp3) is 0.182. The topological polar surface area (TPSA) is 62.7 Å². The Bertz CT molecular complexity index is 1050. The molecule has 2 heterocycles. The molecule has 0 aliphatic carbocycles. The summed E-state index contributed by atoms with van der Waals surface area (Å²) < 4.78 is 19.7. The molecule has 0 fully saturated rings. The highest BCUT2D eigenvalue weighted by Gasteiger charge is 2.25. The van der Waals surface area contributed by atoms with E-state index in [4.69, 9.17) is 4.74 Å². The van der Waals surface area contributed by atoms with Crippen LogP contribution in [-0.2, 0) is 6.54 Å². The number of hydrogen-bond donors (Lipinski definition) is 1. The Morgan fingerprint density at radius 1 is 1.25 bits per heavy atom. The highest BCUT2D eigenvalue weighted by atomic mass is 19.1. The van der Waals surface area contributed by atoms with Gasteiger partial charge < -0.3 is 14.7 Å². The molecular formula is C22H19FN2O3. The van der Waals surface area contributed by atoms with Crippen LogP contribution in [0.15, 0.2) is 54.9 Å². The second kappa shape index (κ2) is 7.31. The minimum Gasteiger partial charge on any atom is -0.504 e. The molecule has 2 aromatic carbocycles. The van der Waals surface area contributed by atoms with Gasteiger partial charge in [-0.2, -0.15) is 0 Å². The maximum absolute atomic E-state index is 14.0. The van der Waals surface area contributed by atoms with Crippen LogP contribution in [0.1, 0.15) is 21.5 Å². The average Bonchev–Trinajstić information content (AvgIpc) is 2.91. The van der Waals surface area contributed by atoms with Gasteiger partial charge in [0.25, 0.3) is 5.91 Å². The number of amides is 1. The number of hydrogen-bond acceptors (Lipinski definition) is 4. The predicted molar refractivity (Wildman–Crippen MR) is 103 cm³/mol. The van der Waals surface area contributed by atoms with Crippen molar-refractivity contribution >= 4 is 5.91 Å². The van der Waals surface area contributed by atoms with Crippen LogP contribution in [0.4, 0.5) is 4.39 Å². The lowest BCUT2D eigenvalue weighted by molar-refractivity contribution is 0.0728. The van der Waals surface area contributed by atoms with Crippen molar-refractivity contribution in [3.05, 3.63) is 77.4 Å². The number of phenolic OH excluding ortho intramolecular Hbond substituents is 1. The summed E-state index contributed by atoms with van der Waals surface area (Å²) in [5, 5.41) is 10.5. The van der Waals surface area contributed by atoms with Crippen LogP contribution in [0, 0.1) is 12.7 Å². The first-order valence-corrected chi connectivity index (χ1v) is 8.98. The number of aryl methyl sites for hydroxylation is 1. The summed E-state index contributed by atoms with van der Waals surface area (Å²) in [6.07, 6.45) is 2.41. The number of halogens is 1. The fourth-order valence-electron chi connectivity index (χ4n) is 3.44. The van der Waals surface area contributed by atoms with Gasteiger partial charge >= 0.3 is 0 Å². The van der Waals surface area contributed by atoms with Gasteiger partial charge in [0.1, 0.15) is 6.61 Å². The normalized spacial score (nSPS) is 13.4. The number of aromatic nitrogens is 1. The molecule has 1 aliphatic heterocycles. The Kier molecular flexibility index (Phi) is 4.69. The van der Waals surface area contributed by atoms with Crippen LogP contribution in [0.2, 0.25) is 0 Å². The molecule has 1 aliphatic rings. The van der Waals surface area contributed by atoms with E-state index in [1.54, 1.807) is 6.07 Å². The second-order valence-corrected chi connectivity index (χ2v) is 6.73. The molecule has 28 heavy (non-hydrogen) atoms. The first kappa shape index (κ1) is 18.0. The van der Waals surface area contributed by atoms with Crippen molar-refractivity contribution < 1.29 is 19.0 Å². The molecule has 0 saturated heterocycles. The lowest BCUT2D eigenvalue weighted by Crippen LogP contribution is -2.33. The highest BCUT2D eigenvalue weighted by Crippen LogP contribution is 2.38. The van der Waals surface area contributed by atoms with Crippen molar-refractivity contribution in [1.82, 2.24) is 9.88 Å². The third-order valence-corrected chi connectivity index (χ3v) is 4.86. The molecule has 1 amide bonds. The molecule has 1 aromatic heterocycles. The number of carbonyl (C=O) groups excluding carboxylic acids is 1. The molecule has 3 aromatic rings. The van der Waals surface area contributed by atoms with E-state index in [-0.39, 0.29) is 31.0 Å². The molecule has 5 nitrogen and oxygen atoms in total. The number of benzene rings is 2. The molecule has 0 spiro atoms. The Balaban J connectivity index is 1.72. The minimum absolute atomic E-state index is 0.0279. The number of carbonyl (C=O) groups is 1. The number of pyridine rings is 1. The Hall–Kier alpha value is -3.41. The standard InChI is InChI=1S/C22H19FN2O3/c1-14-4-2-3-5-17(14)15-10-16-13-25(8-9-28-21(16)20(26)11-15)22(27)18-6-7-24-12-19(18)23/h2-7,10-12,26H,8-9,13H2,1H3. The van der Waals surface area contributed by atoms with Gasteiger partial charge in [0.2, 0.25) is 0 Å². The lowest BCUT2D eigenvalue weighted by atomic mass is 9.97. The summed E-state index contributed by atoms with van der Waals surface area (Å²) in [7, 11) is 0. The molecule has 0 saturated carbocycles. The van der Waals surface area contributed by atoms with Gasteiger partial charge in [-0.15, -0.1) is 0 Å². The Labute approximate surface area is 162 Å². The van der Waals surface area contributed by atoms with Gasteiger partial charge in [0, 0.05) is 18.3 Å². The van der Waals surface area contributed by atoms with Crippen molar-refractivity contribution in [2.75, 3.05) is 13.2 Å². The first-order valence-electron chi connectivity index (χ1n) is 8.98. The number of rotatable bonds is 2. The maximum atomic E-state index is 14.0. The summed E-state index contributed by atoms with van der Waals surface area (Å²) in [5.74, 6) is -0.700. The average molecular weight is 378 g/mol. The monoisotopic (exact) mass is 378 g/mol. The van der Waals surface area contributed by atoms with Crippen molar-refractivity contribution in [3.8, 4) is 22.6 Å². The van der Waals surface area contributed by atoms with E-state index in [0.29, 0.717) is 11.3 Å². The van der Waals surface area contributed by atoms with Crippen LogP contribution in [0.5, 0.6) is 11.5 Å². The van der Waals surface area contributed by atoms with Crippen molar-refractivity contribution in [2.24, 2.45) is 0 Å². The van der Waals surface area contributed by atoms with Gasteiger partial charge in [-0.3, -0.25) is 9.78 Å². The first-order chi connectivity index (χ1) is 13.5. The molecule has 6 heteroatoms. The van der Waals surface area contributed by atoms with E-state index < -0.39 is 11.7 Å². The van der Waals surface area contributed by atoms with E-state index in [1.165, 1.54) is 17.2 Å². The number of aromatic hydroxyl groups is 1. The van der Waals surface area contributed by atoms with Crippen LogP contribution in [-0.4, -0.2) is 34.0 Å². The van der Waals surface area contributed by atoms with Gasteiger partial charge in [-0.05, 0) is 41.8 Å². The second-order valence-electron chi connectivity index (χ2n) is 6.73. The summed E-state index contributed by atoms with van der Waals surface area (Å²) in [6, 6.07) is 12.8. The lowest BCUT2D eigenvalue weighted by Gasteiger charge is -2.20. The van der Waals surface area contributed by atoms with E-state index in [9.17, 15) is 14.3 Å². The zero-order valence-corrected chi connectivity index (χ0v) is 15.4. The number of fused-ring (bicyclic) bond motifs is 1. The number of phenols is 1. The van der Waals surface area contributed by atoms with E-state index in [1.807, 2.05) is 37.3 Å². The van der Waals surface area contributed by atoms with Crippen LogP contribution < -0.4 is 4.74 Å². The molecule has 4 rings (SSSR count). The predicted octanol–water partition coefficient (Wildman–Crippen LogP) is 3.94. The van der Waals surface area contributed by atoms with Crippen molar-refractivity contribution in [1.29, 1.82) is 0 Å². The molecule has 0 bridgehead atoms. The third-order valence-electron chi connectivity index (χ3n) is 4.86. The Morgan fingerprint density at radius 2 is 2.07 bits per heavy atom. The van der Waals surface area contributed by atoms with Crippen molar-refractivity contribution in [3.63, 3.8) is 0 Å². The highest BCUT2D eigenvalue weighted by molar-refractivity contribution is 5.94. The molecular weight excluding hydrogens is 359 g/mol. The SMILES string of the molecule is Cc1ccccc1-c1cc(O)c2c(c1)CN(C(=O)c1ccncc1F)CCO2. The fourth-order valence-corrected chi connectivity index (χ4v) is 3.44. The summed E-state index contributed by atoms with van der Waals surface area (Å²) >= 11 is 0. The van der Waals surface area contributed by atoms with Crippen molar-refractivity contribution in [2.45, 2.75) is 13.5 Å².